The zero-order valence-corrected chi connectivity index (χ0v) is 18.7. The Morgan fingerprint density at radius 2 is 2.24 bits per heavy atom. The number of hydrogen-bond acceptors (Lipinski definition) is 3. The predicted octanol–water partition coefficient (Wildman–Crippen LogP) is 3.38. The summed E-state index contributed by atoms with van der Waals surface area (Å²) in [6, 6.07) is 2.49. The van der Waals surface area contributed by atoms with Gasteiger partial charge in [-0.1, -0.05) is 26.2 Å². The maximum absolute atomic E-state index is 12.4. The third kappa shape index (κ3) is 7.13. The Labute approximate surface area is 172 Å². The minimum absolute atomic E-state index is 0. The zero-order chi connectivity index (χ0) is 17.4. The van der Waals surface area contributed by atoms with Crippen molar-refractivity contribution in [1.82, 2.24) is 15.5 Å². The second kappa shape index (κ2) is 11.7. The average Bonchev–Trinajstić information content (AvgIpc) is 3.06. The van der Waals surface area contributed by atoms with Gasteiger partial charge in [0.25, 0.3) is 0 Å². The second-order valence-corrected chi connectivity index (χ2v) is 7.40. The number of carbonyl (C=O) groups excluding carboxylic acids is 1. The summed E-state index contributed by atoms with van der Waals surface area (Å²) in [5.41, 5.74) is 1.30. The molecule has 0 aromatic carbocycles. The first-order valence-corrected chi connectivity index (χ1v) is 9.82. The summed E-state index contributed by atoms with van der Waals surface area (Å²) in [7, 11) is 1.75. The topological polar surface area (TPSA) is 56.7 Å². The molecule has 1 amide bonds. The van der Waals surface area contributed by atoms with Gasteiger partial charge in [-0.2, -0.15) is 0 Å². The molecule has 0 radical (unpaired) electrons. The van der Waals surface area contributed by atoms with Gasteiger partial charge in [-0.25, -0.2) is 0 Å². The van der Waals surface area contributed by atoms with Crippen LogP contribution in [-0.4, -0.2) is 42.9 Å². The molecule has 0 fully saturated rings. The standard InChI is InChI=1S/C18H30N4OS.HI/c1-4-5-6-7-14(2)21-18(19-3)20-12-17(23)22-10-8-16-15(13-22)9-11-24-16;/h9,11,14H,4-8,10,12-13H2,1-3H3,(H2,19,20,21);1H. The summed E-state index contributed by atoms with van der Waals surface area (Å²) in [5, 5.41) is 8.63. The van der Waals surface area contributed by atoms with E-state index in [4.69, 9.17) is 0 Å². The van der Waals surface area contributed by atoms with Crippen LogP contribution in [0.4, 0.5) is 0 Å². The molecular weight excluding hydrogens is 447 g/mol. The lowest BCUT2D eigenvalue weighted by atomic mass is 10.1. The third-order valence-electron chi connectivity index (χ3n) is 4.41. The Kier molecular flexibility index (Phi) is 10.4. The molecule has 2 rings (SSSR count). The first kappa shape index (κ1) is 22.2. The molecule has 7 heteroatoms. The summed E-state index contributed by atoms with van der Waals surface area (Å²) in [4.78, 5) is 20.0. The summed E-state index contributed by atoms with van der Waals surface area (Å²) >= 11 is 1.79. The summed E-state index contributed by atoms with van der Waals surface area (Å²) < 4.78 is 0. The number of nitrogens with zero attached hydrogens (tertiary/aromatic N) is 2. The van der Waals surface area contributed by atoms with Gasteiger partial charge in [0.05, 0.1) is 6.54 Å². The normalized spacial score (nSPS) is 15.2. The fourth-order valence-corrected chi connectivity index (χ4v) is 3.82. The third-order valence-corrected chi connectivity index (χ3v) is 5.44. The van der Waals surface area contributed by atoms with Crippen LogP contribution in [0.3, 0.4) is 0 Å². The highest BCUT2D eigenvalue weighted by Gasteiger charge is 2.21. The van der Waals surface area contributed by atoms with E-state index >= 15 is 0 Å². The number of nitrogens with one attached hydrogen (secondary N) is 2. The smallest absolute Gasteiger partial charge is 0.242 e. The van der Waals surface area contributed by atoms with E-state index in [-0.39, 0.29) is 29.9 Å². The number of hydrogen-bond donors (Lipinski definition) is 2. The highest BCUT2D eigenvalue weighted by Crippen LogP contribution is 2.23. The molecule has 2 heterocycles. The van der Waals surface area contributed by atoms with Crippen molar-refractivity contribution in [3.8, 4) is 0 Å². The molecule has 0 spiro atoms. The van der Waals surface area contributed by atoms with Crippen molar-refractivity contribution >= 4 is 47.2 Å². The van der Waals surface area contributed by atoms with Crippen LogP contribution in [0, 0.1) is 0 Å². The fourth-order valence-electron chi connectivity index (χ4n) is 2.93. The van der Waals surface area contributed by atoms with Crippen LogP contribution in [0.5, 0.6) is 0 Å². The maximum Gasteiger partial charge on any atom is 0.242 e. The van der Waals surface area contributed by atoms with Crippen molar-refractivity contribution < 1.29 is 4.79 Å². The lowest BCUT2D eigenvalue weighted by Crippen LogP contribution is -2.47. The molecule has 5 nitrogen and oxygen atoms in total. The average molecular weight is 478 g/mol. The Bertz CT molecular complexity index is 561. The number of amides is 1. The zero-order valence-electron chi connectivity index (χ0n) is 15.5. The Morgan fingerprint density at radius 3 is 2.96 bits per heavy atom. The predicted molar refractivity (Wildman–Crippen MR) is 117 cm³/mol. The van der Waals surface area contributed by atoms with E-state index in [1.807, 2.05) is 4.90 Å². The Balaban J connectivity index is 0.00000312. The van der Waals surface area contributed by atoms with Crippen LogP contribution < -0.4 is 10.6 Å². The molecule has 0 saturated heterocycles. The van der Waals surface area contributed by atoms with Gasteiger partial charge in [0.15, 0.2) is 5.96 Å². The van der Waals surface area contributed by atoms with E-state index in [1.165, 1.54) is 29.7 Å². The van der Waals surface area contributed by atoms with Crippen molar-refractivity contribution in [2.75, 3.05) is 20.1 Å². The van der Waals surface area contributed by atoms with Gasteiger partial charge in [-0.15, -0.1) is 35.3 Å². The maximum atomic E-state index is 12.4. The Morgan fingerprint density at radius 1 is 1.44 bits per heavy atom. The molecule has 25 heavy (non-hydrogen) atoms. The van der Waals surface area contributed by atoms with E-state index < -0.39 is 0 Å². The minimum Gasteiger partial charge on any atom is -0.354 e. The Hall–Kier alpha value is -0.830. The van der Waals surface area contributed by atoms with E-state index in [9.17, 15) is 4.79 Å². The van der Waals surface area contributed by atoms with Gasteiger partial charge >= 0.3 is 0 Å². The van der Waals surface area contributed by atoms with Crippen molar-refractivity contribution in [2.24, 2.45) is 4.99 Å². The molecular formula is C18H31IN4OS. The van der Waals surface area contributed by atoms with Crippen LogP contribution >= 0.6 is 35.3 Å². The fraction of sp³-hybridized carbons (Fsp3) is 0.667. The van der Waals surface area contributed by atoms with Gasteiger partial charge in [-0.05, 0) is 36.8 Å². The van der Waals surface area contributed by atoms with Crippen molar-refractivity contribution in [3.63, 3.8) is 0 Å². The molecule has 1 aliphatic rings. The molecule has 1 aromatic heterocycles. The molecule has 142 valence electrons. The van der Waals surface area contributed by atoms with Crippen LogP contribution in [0.25, 0.3) is 0 Å². The number of rotatable bonds is 7. The van der Waals surface area contributed by atoms with Gasteiger partial charge in [0.2, 0.25) is 5.91 Å². The lowest BCUT2D eigenvalue weighted by molar-refractivity contribution is -0.130. The van der Waals surface area contributed by atoms with Gasteiger partial charge < -0.3 is 15.5 Å². The highest BCUT2D eigenvalue weighted by atomic mass is 127. The molecule has 1 aliphatic heterocycles. The molecule has 1 aromatic rings. The van der Waals surface area contributed by atoms with Gasteiger partial charge in [-0.3, -0.25) is 9.79 Å². The number of aliphatic imine (C=N–C) groups is 1. The monoisotopic (exact) mass is 478 g/mol. The summed E-state index contributed by atoms with van der Waals surface area (Å²) in [5.74, 6) is 0.842. The van der Waals surface area contributed by atoms with Crippen LogP contribution in [0.1, 0.15) is 50.0 Å². The van der Waals surface area contributed by atoms with Gasteiger partial charge in [0, 0.05) is 31.1 Å². The molecule has 0 aliphatic carbocycles. The quantitative estimate of drug-likeness (QED) is 0.274. The van der Waals surface area contributed by atoms with Crippen LogP contribution in [-0.2, 0) is 17.8 Å². The summed E-state index contributed by atoms with van der Waals surface area (Å²) in [6.07, 6.45) is 5.80. The van der Waals surface area contributed by atoms with E-state index in [2.05, 4.69) is 40.9 Å². The largest absolute Gasteiger partial charge is 0.354 e. The molecule has 1 atom stereocenters. The molecule has 1 unspecified atom stereocenters. The van der Waals surface area contributed by atoms with E-state index in [0.29, 0.717) is 18.5 Å². The van der Waals surface area contributed by atoms with E-state index in [0.717, 1.165) is 25.9 Å². The minimum atomic E-state index is 0. The number of thiophene rings is 1. The second-order valence-electron chi connectivity index (χ2n) is 6.40. The van der Waals surface area contributed by atoms with Crippen LogP contribution in [0.15, 0.2) is 16.4 Å². The number of guanidine groups is 1. The molecule has 2 N–H and O–H groups in total. The molecule has 0 saturated carbocycles. The number of halogens is 1. The molecule has 0 bridgehead atoms. The highest BCUT2D eigenvalue weighted by molar-refractivity contribution is 14.0. The SMILES string of the molecule is CCCCCC(C)NC(=NC)NCC(=O)N1CCc2sccc2C1.I. The summed E-state index contributed by atoms with van der Waals surface area (Å²) in [6.45, 7) is 6.21. The van der Waals surface area contributed by atoms with Crippen LogP contribution in [0.2, 0.25) is 0 Å². The lowest BCUT2D eigenvalue weighted by Gasteiger charge is -2.27. The van der Waals surface area contributed by atoms with E-state index in [1.54, 1.807) is 18.4 Å². The van der Waals surface area contributed by atoms with Crippen molar-refractivity contribution in [1.29, 1.82) is 0 Å². The van der Waals surface area contributed by atoms with Gasteiger partial charge in [0.1, 0.15) is 0 Å². The number of unbranched alkanes of at least 4 members (excludes halogenated alkanes) is 2. The number of carbonyl (C=O) groups is 1. The number of fused-ring (bicyclic) bond motifs is 1. The first-order valence-electron chi connectivity index (χ1n) is 8.94. The van der Waals surface area contributed by atoms with Crippen molar-refractivity contribution in [2.45, 2.75) is 58.5 Å². The first-order chi connectivity index (χ1) is 11.6. The van der Waals surface area contributed by atoms with Crippen molar-refractivity contribution in [3.05, 3.63) is 21.9 Å².